The fourth-order valence-corrected chi connectivity index (χ4v) is 0.570. The molecule has 0 amide bonds. The standard InChI is InChI=1S/C9H11F3O4/c1-6(2)8(14)16-5-7(13)15-4-3-9(10,11)12/h1,3-5H2,2H3. The van der Waals surface area contributed by atoms with Crippen LogP contribution in [0.2, 0.25) is 0 Å². The van der Waals surface area contributed by atoms with Crippen molar-refractivity contribution in [1.82, 2.24) is 0 Å². The van der Waals surface area contributed by atoms with Gasteiger partial charge < -0.3 is 9.47 Å². The average molecular weight is 240 g/mol. The molecule has 0 saturated heterocycles. The Labute approximate surface area is 90.0 Å². The molecule has 0 saturated carbocycles. The molecule has 0 aliphatic rings. The summed E-state index contributed by atoms with van der Waals surface area (Å²) in [5.41, 5.74) is 0.0862. The molecular weight excluding hydrogens is 229 g/mol. The first-order valence-corrected chi connectivity index (χ1v) is 4.27. The van der Waals surface area contributed by atoms with Gasteiger partial charge in [-0.3, -0.25) is 0 Å². The van der Waals surface area contributed by atoms with E-state index >= 15 is 0 Å². The van der Waals surface area contributed by atoms with Crippen LogP contribution in [0.15, 0.2) is 12.2 Å². The molecule has 0 fully saturated rings. The van der Waals surface area contributed by atoms with Gasteiger partial charge in [0.1, 0.15) is 6.61 Å². The van der Waals surface area contributed by atoms with Gasteiger partial charge in [0.25, 0.3) is 0 Å². The maximum atomic E-state index is 11.6. The molecule has 92 valence electrons. The van der Waals surface area contributed by atoms with Crippen LogP contribution in [0.3, 0.4) is 0 Å². The fraction of sp³-hybridized carbons (Fsp3) is 0.556. The molecule has 0 unspecified atom stereocenters. The Bertz CT molecular complexity index is 283. The molecule has 0 heterocycles. The predicted octanol–water partition coefficient (Wildman–Crippen LogP) is 1.60. The van der Waals surface area contributed by atoms with E-state index < -0.39 is 37.7 Å². The van der Waals surface area contributed by atoms with E-state index in [0.717, 1.165) is 0 Å². The normalized spacial score (nSPS) is 10.8. The molecule has 0 N–H and O–H groups in total. The number of rotatable bonds is 5. The number of carbonyl (C=O) groups is 2. The van der Waals surface area contributed by atoms with Crippen LogP contribution in [0.5, 0.6) is 0 Å². The van der Waals surface area contributed by atoms with E-state index in [0.29, 0.717) is 0 Å². The van der Waals surface area contributed by atoms with Crippen LogP contribution in [0.25, 0.3) is 0 Å². The Morgan fingerprint density at radius 1 is 1.25 bits per heavy atom. The second-order valence-corrected chi connectivity index (χ2v) is 2.94. The third-order valence-corrected chi connectivity index (χ3v) is 1.32. The molecule has 4 nitrogen and oxygen atoms in total. The third-order valence-electron chi connectivity index (χ3n) is 1.32. The number of esters is 2. The Kier molecular flexibility index (Phi) is 5.55. The maximum absolute atomic E-state index is 11.6. The fourth-order valence-electron chi connectivity index (χ4n) is 0.570. The second-order valence-electron chi connectivity index (χ2n) is 2.94. The molecule has 0 radical (unpaired) electrons. The molecular formula is C9H11F3O4. The monoisotopic (exact) mass is 240 g/mol. The zero-order valence-electron chi connectivity index (χ0n) is 8.60. The van der Waals surface area contributed by atoms with Crippen molar-refractivity contribution in [3.8, 4) is 0 Å². The zero-order valence-corrected chi connectivity index (χ0v) is 8.60. The molecule has 0 spiro atoms. The predicted molar refractivity (Wildman–Crippen MR) is 47.4 cm³/mol. The molecule has 0 rings (SSSR count). The van der Waals surface area contributed by atoms with Gasteiger partial charge in [-0.15, -0.1) is 0 Å². The molecule has 0 aromatic heterocycles. The van der Waals surface area contributed by atoms with E-state index in [9.17, 15) is 22.8 Å². The van der Waals surface area contributed by atoms with Crippen LogP contribution < -0.4 is 0 Å². The number of halogens is 3. The first kappa shape index (κ1) is 14.5. The largest absolute Gasteiger partial charge is 0.463 e. The second kappa shape index (κ2) is 6.14. The number of hydrogen-bond donors (Lipinski definition) is 0. The summed E-state index contributed by atoms with van der Waals surface area (Å²) in [7, 11) is 0. The van der Waals surface area contributed by atoms with Gasteiger partial charge in [0.2, 0.25) is 0 Å². The van der Waals surface area contributed by atoms with Crippen molar-refractivity contribution in [3.05, 3.63) is 12.2 Å². The van der Waals surface area contributed by atoms with E-state index in [2.05, 4.69) is 16.1 Å². The minimum atomic E-state index is -4.38. The molecule has 0 aromatic rings. The van der Waals surface area contributed by atoms with Gasteiger partial charge in [-0.1, -0.05) is 6.58 Å². The summed E-state index contributed by atoms with van der Waals surface area (Å²) in [4.78, 5) is 21.5. The highest BCUT2D eigenvalue weighted by molar-refractivity contribution is 5.88. The summed E-state index contributed by atoms with van der Waals surface area (Å²) in [5, 5.41) is 0. The lowest BCUT2D eigenvalue weighted by Gasteiger charge is -2.07. The summed E-state index contributed by atoms with van der Waals surface area (Å²) in [5.74, 6) is -1.83. The number of ether oxygens (including phenoxy) is 2. The van der Waals surface area contributed by atoms with Gasteiger partial charge in [0, 0.05) is 5.57 Å². The van der Waals surface area contributed by atoms with Crippen LogP contribution in [-0.2, 0) is 19.1 Å². The van der Waals surface area contributed by atoms with Gasteiger partial charge in [0.05, 0.1) is 6.42 Å². The van der Waals surface area contributed by atoms with E-state index in [-0.39, 0.29) is 5.57 Å². The van der Waals surface area contributed by atoms with Gasteiger partial charge in [-0.25, -0.2) is 9.59 Å². The van der Waals surface area contributed by atoms with Gasteiger partial charge in [-0.05, 0) is 6.92 Å². The highest BCUT2D eigenvalue weighted by Gasteiger charge is 2.27. The highest BCUT2D eigenvalue weighted by atomic mass is 19.4. The lowest BCUT2D eigenvalue weighted by atomic mass is 10.4. The molecule has 0 aromatic carbocycles. The molecule has 0 aliphatic heterocycles. The highest BCUT2D eigenvalue weighted by Crippen LogP contribution is 2.18. The van der Waals surface area contributed by atoms with Crippen LogP contribution in [0.1, 0.15) is 13.3 Å². The average Bonchev–Trinajstić information content (AvgIpc) is 2.11. The summed E-state index contributed by atoms with van der Waals surface area (Å²) < 4.78 is 43.4. The smallest absolute Gasteiger partial charge is 0.392 e. The van der Waals surface area contributed by atoms with Crippen LogP contribution in [0, 0.1) is 0 Å². The minimum Gasteiger partial charge on any atom is -0.463 e. The van der Waals surface area contributed by atoms with Crippen molar-refractivity contribution in [3.63, 3.8) is 0 Å². The van der Waals surface area contributed by atoms with Gasteiger partial charge >= 0.3 is 18.1 Å². The van der Waals surface area contributed by atoms with Crippen molar-refractivity contribution >= 4 is 11.9 Å². The molecule has 7 heteroatoms. The number of hydrogen-bond acceptors (Lipinski definition) is 4. The van der Waals surface area contributed by atoms with E-state index in [1.54, 1.807) is 0 Å². The Morgan fingerprint density at radius 3 is 2.25 bits per heavy atom. The summed E-state index contributed by atoms with van der Waals surface area (Å²) >= 11 is 0. The Morgan fingerprint density at radius 2 is 1.81 bits per heavy atom. The summed E-state index contributed by atoms with van der Waals surface area (Å²) in [6.45, 7) is 3.12. The number of carbonyl (C=O) groups excluding carboxylic acids is 2. The SMILES string of the molecule is C=C(C)C(=O)OCC(=O)OCCC(F)(F)F. The first-order valence-electron chi connectivity index (χ1n) is 4.27. The topological polar surface area (TPSA) is 52.6 Å². The molecule has 0 atom stereocenters. The van der Waals surface area contributed by atoms with Crippen LogP contribution in [0.4, 0.5) is 13.2 Å². The van der Waals surface area contributed by atoms with Gasteiger partial charge in [-0.2, -0.15) is 13.2 Å². The molecule has 0 bridgehead atoms. The third kappa shape index (κ3) is 7.84. The van der Waals surface area contributed by atoms with Crippen molar-refractivity contribution in [1.29, 1.82) is 0 Å². The minimum absolute atomic E-state index is 0.0862. The van der Waals surface area contributed by atoms with E-state index in [4.69, 9.17) is 0 Å². The summed E-state index contributed by atoms with van der Waals surface area (Å²) in [6, 6.07) is 0. The van der Waals surface area contributed by atoms with E-state index in [1.165, 1.54) is 6.92 Å². The summed E-state index contributed by atoms with van der Waals surface area (Å²) in [6.07, 6.45) is -5.61. The lowest BCUT2D eigenvalue weighted by Crippen LogP contribution is -2.19. The van der Waals surface area contributed by atoms with Gasteiger partial charge in [0.15, 0.2) is 6.61 Å². The van der Waals surface area contributed by atoms with Crippen molar-refractivity contribution in [2.45, 2.75) is 19.5 Å². The van der Waals surface area contributed by atoms with E-state index in [1.807, 2.05) is 0 Å². The molecule has 0 aliphatic carbocycles. The van der Waals surface area contributed by atoms with Crippen molar-refractivity contribution in [2.24, 2.45) is 0 Å². The Hall–Kier alpha value is -1.53. The van der Waals surface area contributed by atoms with Crippen molar-refractivity contribution in [2.75, 3.05) is 13.2 Å². The maximum Gasteiger partial charge on any atom is 0.392 e. The van der Waals surface area contributed by atoms with Crippen LogP contribution in [-0.4, -0.2) is 31.3 Å². The zero-order chi connectivity index (χ0) is 12.8. The number of alkyl halides is 3. The molecule has 16 heavy (non-hydrogen) atoms. The Balaban J connectivity index is 3.68. The quantitative estimate of drug-likeness (QED) is 0.541. The lowest BCUT2D eigenvalue weighted by molar-refractivity contribution is -0.165. The van der Waals surface area contributed by atoms with Crippen LogP contribution >= 0.6 is 0 Å². The van der Waals surface area contributed by atoms with Crippen molar-refractivity contribution < 1.29 is 32.2 Å². The first-order chi connectivity index (χ1) is 7.22.